The van der Waals surface area contributed by atoms with E-state index in [1.54, 1.807) is 30.5 Å². The summed E-state index contributed by atoms with van der Waals surface area (Å²) in [6, 6.07) is 18.1. The predicted octanol–water partition coefficient (Wildman–Crippen LogP) is 3.95. The molecule has 0 saturated heterocycles. The molecule has 2 aromatic heterocycles. The number of benzene rings is 2. The number of hydrogen-bond donors (Lipinski definition) is 0. The molecule has 0 aliphatic rings. The molecule has 0 unspecified atom stereocenters. The van der Waals surface area contributed by atoms with Gasteiger partial charge in [0.2, 0.25) is 5.78 Å². The third-order valence-electron chi connectivity index (χ3n) is 5.16. The number of aromatic nitrogens is 2. The molecule has 154 valence electrons. The summed E-state index contributed by atoms with van der Waals surface area (Å²) < 4.78 is 6.63. The van der Waals surface area contributed by atoms with Crippen LogP contribution in [0.2, 0.25) is 0 Å². The third kappa shape index (κ3) is 3.88. The minimum Gasteiger partial charge on any atom is -0.453 e. The quantitative estimate of drug-likeness (QED) is 0.366. The number of hydrogen-bond acceptors (Lipinski definition) is 5. The van der Waals surface area contributed by atoms with Crippen LogP contribution in [0.5, 0.6) is 0 Å². The largest absolute Gasteiger partial charge is 0.453 e. The second-order valence-corrected chi connectivity index (χ2v) is 7.24. The predicted molar refractivity (Wildman–Crippen MR) is 118 cm³/mol. The molecule has 0 aliphatic heterocycles. The zero-order valence-corrected chi connectivity index (χ0v) is 17.2. The van der Waals surface area contributed by atoms with Crippen LogP contribution >= 0.6 is 0 Å². The molecule has 0 atom stereocenters. The number of aryl methyl sites for hydroxylation is 1. The van der Waals surface area contributed by atoms with Crippen LogP contribution in [0, 0.1) is 6.92 Å². The molecule has 2 aromatic carbocycles. The molecule has 0 radical (unpaired) electrons. The minimum atomic E-state index is -0.738. The first-order chi connectivity index (χ1) is 15.0. The van der Waals surface area contributed by atoms with E-state index in [2.05, 4.69) is 4.98 Å². The van der Waals surface area contributed by atoms with Crippen molar-refractivity contribution in [2.75, 3.05) is 6.61 Å². The van der Waals surface area contributed by atoms with Crippen molar-refractivity contribution in [3.05, 3.63) is 100 Å². The van der Waals surface area contributed by atoms with Gasteiger partial charge in [0.05, 0.1) is 0 Å². The highest BCUT2D eigenvalue weighted by molar-refractivity contribution is 6.07. The number of rotatable bonds is 5. The Morgan fingerprint density at radius 2 is 1.68 bits per heavy atom. The number of ketones is 1. The standard InChI is InChI=1S/C25H20N2O4/c1-16-9-11-17(12-10-16)22-19-7-3-4-8-20(19)24(29)27(2)23(22)25(30)31-15-21(28)18-6-5-13-26-14-18/h3-14H,15H2,1-2H3. The summed E-state index contributed by atoms with van der Waals surface area (Å²) in [5.74, 6) is -1.11. The van der Waals surface area contributed by atoms with Gasteiger partial charge in [-0.2, -0.15) is 0 Å². The van der Waals surface area contributed by atoms with E-state index >= 15 is 0 Å². The molecule has 0 saturated carbocycles. The second-order valence-electron chi connectivity index (χ2n) is 7.24. The van der Waals surface area contributed by atoms with Crippen molar-refractivity contribution in [1.82, 2.24) is 9.55 Å². The van der Waals surface area contributed by atoms with Crippen molar-refractivity contribution in [3.8, 4) is 11.1 Å². The Balaban J connectivity index is 1.81. The summed E-state index contributed by atoms with van der Waals surface area (Å²) in [6.45, 7) is 1.53. The van der Waals surface area contributed by atoms with Crippen LogP contribution in [0.15, 0.2) is 77.9 Å². The summed E-state index contributed by atoms with van der Waals surface area (Å²) in [5, 5.41) is 1.16. The lowest BCUT2D eigenvalue weighted by Crippen LogP contribution is -2.27. The van der Waals surface area contributed by atoms with E-state index in [1.165, 1.54) is 17.8 Å². The highest BCUT2D eigenvalue weighted by Gasteiger charge is 2.23. The van der Waals surface area contributed by atoms with E-state index in [0.717, 1.165) is 11.1 Å². The average Bonchev–Trinajstić information content (AvgIpc) is 2.80. The maximum atomic E-state index is 13.1. The molecule has 2 heterocycles. The Morgan fingerprint density at radius 1 is 0.968 bits per heavy atom. The molecular formula is C25H20N2O4. The van der Waals surface area contributed by atoms with E-state index in [-0.39, 0.29) is 17.0 Å². The Kier molecular flexibility index (Phi) is 5.45. The third-order valence-corrected chi connectivity index (χ3v) is 5.16. The van der Waals surface area contributed by atoms with Gasteiger partial charge in [-0.15, -0.1) is 0 Å². The molecule has 0 amide bonds. The molecule has 0 spiro atoms. The van der Waals surface area contributed by atoms with Crippen LogP contribution in [0.3, 0.4) is 0 Å². The van der Waals surface area contributed by atoms with Crippen molar-refractivity contribution < 1.29 is 14.3 Å². The van der Waals surface area contributed by atoms with Gasteiger partial charge in [0.25, 0.3) is 5.56 Å². The molecule has 4 rings (SSSR count). The van der Waals surface area contributed by atoms with Crippen molar-refractivity contribution in [3.63, 3.8) is 0 Å². The van der Waals surface area contributed by atoms with Gasteiger partial charge in [-0.05, 0) is 36.1 Å². The summed E-state index contributed by atoms with van der Waals surface area (Å²) in [7, 11) is 1.53. The Labute approximate surface area is 178 Å². The van der Waals surface area contributed by atoms with Gasteiger partial charge in [0, 0.05) is 36.0 Å². The smallest absolute Gasteiger partial charge is 0.356 e. The number of carbonyl (C=O) groups is 2. The lowest BCUT2D eigenvalue weighted by atomic mass is 9.96. The Morgan fingerprint density at radius 3 is 2.35 bits per heavy atom. The number of esters is 1. The van der Waals surface area contributed by atoms with Crippen LogP contribution < -0.4 is 5.56 Å². The molecule has 0 aliphatic carbocycles. The van der Waals surface area contributed by atoms with Gasteiger partial charge in [-0.25, -0.2) is 4.79 Å². The molecule has 0 N–H and O–H groups in total. The number of fused-ring (bicyclic) bond motifs is 1. The first kappa shape index (κ1) is 20.2. The van der Waals surface area contributed by atoms with Gasteiger partial charge in [0.1, 0.15) is 5.69 Å². The first-order valence-corrected chi connectivity index (χ1v) is 9.76. The van der Waals surface area contributed by atoms with E-state index < -0.39 is 12.6 Å². The second kappa shape index (κ2) is 8.36. The summed E-state index contributed by atoms with van der Waals surface area (Å²) >= 11 is 0. The van der Waals surface area contributed by atoms with Gasteiger partial charge in [0.15, 0.2) is 6.61 Å². The maximum Gasteiger partial charge on any atom is 0.356 e. The lowest BCUT2D eigenvalue weighted by Gasteiger charge is -2.17. The fourth-order valence-corrected chi connectivity index (χ4v) is 3.53. The maximum absolute atomic E-state index is 13.1. The van der Waals surface area contributed by atoms with Crippen LogP contribution in [-0.4, -0.2) is 27.9 Å². The summed E-state index contributed by atoms with van der Waals surface area (Å²) in [5.41, 5.74) is 2.59. The normalized spacial score (nSPS) is 10.8. The van der Waals surface area contributed by atoms with Crippen molar-refractivity contribution in [2.45, 2.75) is 6.92 Å². The number of carbonyl (C=O) groups excluding carboxylic acids is 2. The van der Waals surface area contributed by atoms with Crippen LogP contribution in [0.4, 0.5) is 0 Å². The summed E-state index contributed by atoms with van der Waals surface area (Å²) in [6.07, 6.45) is 2.97. The van der Waals surface area contributed by atoms with Gasteiger partial charge in [-0.3, -0.25) is 14.6 Å². The van der Waals surface area contributed by atoms with Crippen molar-refractivity contribution in [2.24, 2.45) is 7.05 Å². The number of pyridine rings is 2. The Hall–Kier alpha value is -4.06. The van der Waals surface area contributed by atoms with E-state index in [1.807, 2.05) is 43.3 Å². The zero-order valence-electron chi connectivity index (χ0n) is 17.2. The van der Waals surface area contributed by atoms with Crippen molar-refractivity contribution in [1.29, 1.82) is 0 Å². The SMILES string of the molecule is Cc1ccc(-c2c(C(=O)OCC(=O)c3cccnc3)n(C)c(=O)c3ccccc23)cc1. The van der Waals surface area contributed by atoms with Gasteiger partial charge in [-0.1, -0.05) is 48.0 Å². The topological polar surface area (TPSA) is 78.3 Å². The fourth-order valence-electron chi connectivity index (χ4n) is 3.53. The molecule has 6 nitrogen and oxygen atoms in total. The van der Waals surface area contributed by atoms with Crippen molar-refractivity contribution >= 4 is 22.5 Å². The Bertz CT molecular complexity index is 1340. The van der Waals surface area contributed by atoms with Gasteiger partial charge < -0.3 is 9.30 Å². The molecular weight excluding hydrogens is 392 g/mol. The molecule has 6 heteroatoms. The first-order valence-electron chi connectivity index (χ1n) is 9.76. The van der Waals surface area contributed by atoms with Crippen LogP contribution in [-0.2, 0) is 11.8 Å². The van der Waals surface area contributed by atoms with Gasteiger partial charge >= 0.3 is 5.97 Å². The summed E-state index contributed by atoms with van der Waals surface area (Å²) in [4.78, 5) is 42.3. The number of Topliss-reactive ketones (excluding diaryl/α,β-unsaturated/α-hetero) is 1. The highest BCUT2D eigenvalue weighted by Crippen LogP contribution is 2.31. The van der Waals surface area contributed by atoms with Crippen LogP contribution in [0.25, 0.3) is 21.9 Å². The molecule has 0 fully saturated rings. The zero-order chi connectivity index (χ0) is 22.0. The van der Waals surface area contributed by atoms with Crippen LogP contribution in [0.1, 0.15) is 26.4 Å². The molecule has 0 bridgehead atoms. The fraction of sp³-hybridized carbons (Fsp3) is 0.120. The number of ether oxygens (including phenoxy) is 1. The monoisotopic (exact) mass is 412 g/mol. The average molecular weight is 412 g/mol. The minimum absolute atomic E-state index is 0.103. The highest BCUT2D eigenvalue weighted by atomic mass is 16.5. The van der Waals surface area contributed by atoms with E-state index in [9.17, 15) is 14.4 Å². The number of nitrogens with zero attached hydrogens (tertiary/aromatic N) is 2. The molecule has 31 heavy (non-hydrogen) atoms. The molecule has 4 aromatic rings. The van der Waals surface area contributed by atoms with E-state index in [0.29, 0.717) is 21.9 Å². The van der Waals surface area contributed by atoms with E-state index in [4.69, 9.17) is 4.74 Å². The lowest BCUT2D eigenvalue weighted by molar-refractivity contribution is 0.0465.